The molecule has 2 aromatic carbocycles. The first-order chi connectivity index (χ1) is 22.3. The number of nitrogens with two attached hydrogens (primary N) is 1. The molecule has 15 heteroatoms. The number of amides is 6. The Morgan fingerprint density at radius 3 is 2.17 bits per heavy atom. The molecule has 0 aliphatic rings. The van der Waals surface area contributed by atoms with Crippen LogP contribution < -0.4 is 32.3 Å². The van der Waals surface area contributed by atoms with Crippen LogP contribution in [0.3, 0.4) is 0 Å². The zero-order valence-electron chi connectivity index (χ0n) is 26.3. The molecule has 5 unspecified atom stereocenters. The molecule has 3 aromatic rings. The fourth-order valence-electron chi connectivity index (χ4n) is 4.99. The number of carbonyl (C=O) groups excluding carboxylic acids is 5. The third-order valence-electron chi connectivity index (χ3n) is 7.51. The van der Waals surface area contributed by atoms with Crippen molar-refractivity contribution in [1.82, 2.24) is 26.3 Å². The van der Waals surface area contributed by atoms with Crippen LogP contribution in [0.5, 0.6) is 0 Å². The molecule has 0 fully saturated rings. The minimum atomic E-state index is -1.53. The Balaban J connectivity index is 1.80. The van der Waals surface area contributed by atoms with Crippen LogP contribution in [0, 0.1) is 5.92 Å². The highest BCUT2D eigenvalue weighted by atomic mass is 35.5. The smallest absolute Gasteiger partial charge is 0.319 e. The van der Waals surface area contributed by atoms with E-state index in [-0.39, 0.29) is 12.3 Å². The average molecular weight is 670 g/mol. The number of halogens is 1. The molecule has 0 aliphatic carbocycles. The summed E-state index contributed by atoms with van der Waals surface area (Å²) in [6, 6.07) is 8.06. The standard InChI is InChI=1S/C32H40ClN7O7/c1-4-7-17(2)27(40-29(44)18(3)36-32(47)37-21-12-10-20(33)11-13-21)31(46)39-25(30(45)38-24(28(34)43)15-26(41)42)14-19-16-35-23-9-6-5-8-22(19)23/h5-6,8-13,16-18,24-25,27,35H,4,7,14-15H2,1-3H3,(H2,34,43)(H,38,45)(H,39,46)(H,40,44)(H,41,42)(H2,36,37,47). The van der Waals surface area contributed by atoms with Crippen LogP contribution in [0.25, 0.3) is 10.9 Å². The average Bonchev–Trinajstić information content (AvgIpc) is 3.42. The summed E-state index contributed by atoms with van der Waals surface area (Å²) in [5.41, 5.74) is 7.25. The van der Waals surface area contributed by atoms with E-state index >= 15 is 0 Å². The molecule has 0 saturated heterocycles. The number of nitrogens with one attached hydrogen (secondary N) is 6. The minimum Gasteiger partial charge on any atom is -0.481 e. The van der Waals surface area contributed by atoms with Crippen molar-refractivity contribution >= 4 is 63.8 Å². The van der Waals surface area contributed by atoms with Gasteiger partial charge in [-0.25, -0.2) is 4.79 Å². The van der Waals surface area contributed by atoms with Crippen molar-refractivity contribution in [3.63, 3.8) is 0 Å². The van der Waals surface area contributed by atoms with Gasteiger partial charge in [0.25, 0.3) is 0 Å². The Labute approximate surface area is 276 Å². The summed E-state index contributed by atoms with van der Waals surface area (Å²) >= 11 is 5.88. The maximum absolute atomic E-state index is 13.8. The van der Waals surface area contributed by atoms with Crippen molar-refractivity contribution in [2.24, 2.45) is 11.7 Å². The van der Waals surface area contributed by atoms with Gasteiger partial charge in [0.1, 0.15) is 24.2 Å². The van der Waals surface area contributed by atoms with Crippen LogP contribution in [0.1, 0.15) is 45.6 Å². The summed E-state index contributed by atoms with van der Waals surface area (Å²) in [4.78, 5) is 79.3. The highest BCUT2D eigenvalue weighted by Gasteiger charge is 2.33. The van der Waals surface area contributed by atoms with Crippen LogP contribution in [0.4, 0.5) is 10.5 Å². The summed E-state index contributed by atoms with van der Waals surface area (Å²) in [7, 11) is 0. The molecular weight excluding hydrogens is 630 g/mol. The van der Waals surface area contributed by atoms with Gasteiger partial charge in [0, 0.05) is 34.2 Å². The van der Waals surface area contributed by atoms with E-state index in [4.69, 9.17) is 17.3 Å². The summed E-state index contributed by atoms with van der Waals surface area (Å²) < 4.78 is 0. The highest BCUT2D eigenvalue weighted by molar-refractivity contribution is 6.30. The molecule has 1 aromatic heterocycles. The third-order valence-corrected chi connectivity index (χ3v) is 7.76. The molecule has 9 N–H and O–H groups in total. The van der Waals surface area contributed by atoms with Crippen LogP contribution >= 0.6 is 11.6 Å². The number of aliphatic carboxylic acids is 1. The lowest BCUT2D eigenvalue weighted by atomic mass is 9.95. The van der Waals surface area contributed by atoms with E-state index in [1.54, 1.807) is 37.4 Å². The molecule has 14 nitrogen and oxygen atoms in total. The van der Waals surface area contributed by atoms with Crippen molar-refractivity contribution in [3.8, 4) is 0 Å². The topological polar surface area (TPSA) is 225 Å². The lowest BCUT2D eigenvalue weighted by Gasteiger charge is -2.28. The fourth-order valence-corrected chi connectivity index (χ4v) is 5.12. The quantitative estimate of drug-likeness (QED) is 0.114. The Morgan fingerprint density at radius 2 is 1.53 bits per heavy atom. The number of carboxylic acids is 1. The van der Waals surface area contributed by atoms with Gasteiger partial charge >= 0.3 is 12.0 Å². The van der Waals surface area contributed by atoms with E-state index in [1.165, 1.54) is 6.92 Å². The zero-order chi connectivity index (χ0) is 34.7. The van der Waals surface area contributed by atoms with Gasteiger partial charge in [-0.2, -0.15) is 0 Å². The number of carbonyl (C=O) groups is 6. The lowest BCUT2D eigenvalue weighted by Crippen LogP contribution is -2.59. The number of hydrogen-bond acceptors (Lipinski definition) is 6. The number of benzene rings is 2. The van der Waals surface area contributed by atoms with Crippen LogP contribution in [-0.4, -0.2) is 69.9 Å². The number of para-hydroxylation sites is 1. The number of fused-ring (bicyclic) bond motifs is 1. The maximum Gasteiger partial charge on any atom is 0.319 e. The van der Waals surface area contributed by atoms with Crippen molar-refractivity contribution in [2.45, 2.75) is 70.6 Å². The number of aromatic amines is 1. The Hall–Kier alpha value is -5.11. The normalized spacial score (nSPS) is 14.1. The summed E-state index contributed by atoms with van der Waals surface area (Å²) in [6.07, 6.45) is 2.12. The van der Waals surface area contributed by atoms with Crippen LogP contribution in [0.15, 0.2) is 54.7 Å². The van der Waals surface area contributed by atoms with Crippen molar-refractivity contribution in [2.75, 3.05) is 5.32 Å². The molecule has 0 aliphatic heterocycles. The fraction of sp³-hybridized carbons (Fsp3) is 0.375. The van der Waals surface area contributed by atoms with Gasteiger partial charge in [-0.15, -0.1) is 0 Å². The van der Waals surface area contributed by atoms with Gasteiger partial charge in [0.05, 0.1) is 6.42 Å². The van der Waals surface area contributed by atoms with E-state index in [1.807, 2.05) is 31.2 Å². The Kier molecular flexibility index (Phi) is 13.1. The van der Waals surface area contributed by atoms with E-state index < -0.39 is 66.2 Å². The van der Waals surface area contributed by atoms with E-state index in [2.05, 4.69) is 31.6 Å². The van der Waals surface area contributed by atoms with Crippen molar-refractivity contribution in [1.29, 1.82) is 0 Å². The summed E-state index contributed by atoms with van der Waals surface area (Å²) in [6.45, 7) is 5.14. The van der Waals surface area contributed by atoms with Gasteiger partial charge in [-0.1, -0.05) is 50.1 Å². The van der Waals surface area contributed by atoms with Crippen molar-refractivity contribution in [3.05, 3.63) is 65.3 Å². The lowest BCUT2D eigenvalue weighted by molar-refractivity contribution is -0.140. The number of primary amides is 1. The Morgan fingerprint density at radius 1 is 0.872 bits per heavy atom. The number of H-pyrrole nitrogens is 1. The first kappa shape index (κ1) is 36.4. The second kappa shape index (κ2) is 17.0. The minimum absolute atomic E-state index is 0.0359. The largest absolute Gasteiger partial charge is 0.481 e. The van der Waals surface area contributed by atoms with Gasteiger partial charge in [-0.3, -0.25) is 24.0 Å². The Bertz CT molecular complexity index is 1590. The molecule has 0 spiro atoms. The SMILES string of the molecule is CCCC(C)C(NC(=O)C(C)NC(=O)Nc1ccc(Cl)cc1)C(=O)NC(Cc1c[nH]c2ccccc12)C(=O)NC(CC(=O)O)C(N)=O. The molecule has 0 bridgehead atoms. The van der Waals surface area contributed by atoms with E-state index in [9.17, 15) is 33.9 Å². The number of carboxylic acid groups (broad SMARTS) is 1. The molecule has 6 amide bonds. The highest BCUT2D eigenvalue weighted by Crippen LogP contribution is 2.20. The van der Waals surface area contributed by atoms with Gasteiger partial charge in [0.15, 0.2) is 0 Å². The first-order valence-electron chi connectivity index (χ1n) is 15.1. The predicted octanol–water partition coefficient (Wildman–Crippen LogP) is 2.42. The molecule has 0 saturated carbocycles. The number of hydrogen-bond donors (Lipinski definition) is 8. The molecule has 1 heterocycles. The molecular formula is C32H40ClN7O7. The van der Waals surface area contributed by atoms with Gasteiger partial charge in [0.2, 0.25) is 23.6 Å². The van der Waals surface area contributed by atoms with Crippen LogP contribution in [-0.2, 0) is 30.4 Å². The molecule has 252 valence electrons. The molecule has 47 heavy (non-hydrogen) atoms. The molecule has 3 rings (SSSR count). The molecule has 0 radical (unpaired) electrons. The first-order valence-corrected chi connectivity index (χ1v) is 15.5. The van der Waals surface area contributed by atoms with Crippen LogP contribution in [0.2, 0.25) is 5.02 Å². The van der Waals surface area contributed by atoms with Gasteiger partial charge < -0.3 is 42.4 Å². The van der Waals surface area contributed by atoms with Gasteiger partial charge in [-0.05, 0) is 55.2 Å². The van der Waals surface area contributed by atoms with E-state index in [0.717, 1.165) is 10.9 Å². The third kappa shape index (κ3) is 10.7. The number of anilines is 1. The second-order valence-corrected chi connectivity index (χ2v) is 11.7. The zero-order valence-corrected chi connectivity index (χ0v) is 27.0. The monoisotopic (exact) mass is 669 g/mol. The maximum atomic E-state index is 13.8. The van der Waals surface area contributed by atoms with E-state index in [0.29, 0.717) is 29.1 Å². The number of aromatic nitrogens is 1. The summed E-state index contributed by atoms with van der Waals surface area (Å²) in [5, 5.41) is 23.3. The summed E-state index contributed by atoms with van der Waals surface area (Å²) in [5.74, 6) is -4.97. The molecule has 5 atom stereocenters. The second-order valence-electron chi connectivity index (χ2n) is 11.3. The number of rotatable bonds is 16. The number of urea groups is 1. The van der Waals surface area contributed by atoms with Crippen molar-refractivity contribution < 1.29 is 33.9 Å². The predicted molar refractivity (Wildman–Crippen MR) is 176 cm³/mol.